The van der Waals surface area contributed by atoms with Crippen molar-refractivity contribution < 1.29 is 9.90 Å². The second kappa shape index (κ2) is 5.83. The third kappa shape index (κ3) is 3.42. The molecule has 0 spiro atoms. The maximum absolute atomic E-state index is 10.7. The van der Waals surface area contributed by atoms with Crippen molar-refractivity contribution >= 4 is 5.97 Å². The van der Waals surface area contributed by atoms with Crippen LogP contribution in [0.5, 0.6) is 0 Å². The Kier molecular flexibility index (Phi) is 4.40. The Bertz CT molecular complexity index is 270. The third-order valence-corrected chi connectivity index (χ3v) is 4.20. The monoisotopic (exact) mass is 240 g/mol. The standard InChI is InChI=1S/C13H24N2O2/c1-14-9-7-12(10-14)15-8-3-2-4-11(15)5-6-13(16)17/h11-12H,2-10H2,1H3,(H,16,17). The van der Waals surface area contributed by atoms with Gasteiger partial charge >= 0.3 is 5.97 Å². The number of piperidine rings is 1. The molecule has 0 bridgehead atoms. The van der Waals surface area contributed by atoms with E-state index in [0.717, 1.165) is 13.0 Å². The Hall–Kier alpha value is -0.610. The third-order valence-electron chi connectivity index (χ3n) is 4.20. The summed E-state index contributed by atoms with van der Waals surface area (Å²) in [6.07, 6.45) is 6.14. The van der Waals surface area contributed by atoms with E-state index in [1.165, 1.54) is 38.8 Å². The van der Waals surface area contributed by atoms with Gasteiger partial charge in [-0.2, -0.15) is 0 Å². The summed E-state index contributed by atoms with van der Waals surface area (Å²) in [6.45, 7) is 3.51. The zero-order valence-electron chi connectivity index (χ0n) is 10.8. The van der Waals surface area contributed by atoms with Gasteiger partial charge in [0.05, 0.1) is 0 Å². The largest absolute Gasteiger partial charge is 0.481 e. The molecule has 0 saturated carbocycles. The fourth-order valence-corrected chi connectivity index (χ4v) is 3.29. The number of hydrogen-bond acceptors (Lipinski definition) is 3. The molecule has 4 heteroatoms. The van der Waals surface area contributed by atoms with Crippen LogP contribution in [-0.2, 0) is 4.79 Å². The minimum atomic E-state index is -0.654. The van der Waals surface area contributed by atoms with E-state index >= 15 is 0 Å². The molecule has 0 aromatic heterocycles. The van der Waals surface area contributed by atoms with Crippen LogP contribution in [0.25, 0.3) is 0 Å². The Morgan fingerprint density at radius 1 is 1.29 bits per heavy atom. The van der Waals surface area contributed by atoms with Crippen molar-refractivity contribution in [3.8, 4) is 0 Å². The van der Waals surface area contributed by atoms with Crippen molar-refractivity contribution in [3.63, 3.8) is 0 Å². The van der Waals surface area contributed by atoms with Crippen molar-refractivity contribution in [2.45, 2.75) is 50.6 Å². The summed E-state index contributed by atoms with van der Waals surface area (Å²) in [5, 5.41) is 8.81. The zero-order chi connectivity index (χ0) is 12.3. The van der Waals surface area contributed by atoms with E-state index in [4.69, 9.17) is 5.11 Å². The summed E-state index contributed by atoms with van der Waals surface area (Å²) < 4.78 is 0. The van der Waals surface area contributed by atoms with Crippen molar-refractivity contribution in [2.24, 2.45) is 0 Å². The van der Waals surface area contributed by atoms with Gasteiger partial charge in [0.1, 0.15) is 0 Å². The fraction of sp³-hybridized carbons (Fsp3) is 0.923. The molecule has 2 saturated heterocycles. The van der Waals surface area contributed by atoms with E-state index in [2.05, 4.69) is 16.8 Å². The quantitative estimate of drug-likeness (QED) is 0.807. The first-order chi connectivity index (χ1) is 8.16. The number of aliphatic carboxylic acids is 1. The smallest absolute Gasteiger partial charge is 0.303 e. The van der Waals surface area contributed by atoms with Gasteiger partial charge in [-0.15, -0.1) is 0 Å². The molecule has 1 N–H and O–H groups in total. The van der Waals surface area contributed by atoms with Crippen LogP contribution in [0.4, 0.5) is 0 Å². The van der Waals surface area contributed by atoms with Gasteiger partial charge in [0, 0.05) is 25.0 Å². The molecule has 0 aromatic rings. The first-order valence-electron chi connectivity index (χ1n) is 6.83. The molecular weight excluding hydrogens is 216 g/mol. The molecule has 2 aliphatic heterocycles. The lowest BCUT2D eigenvalue weighted by Crippen LogP contribution is -2.47. The van der Waals surface area contributed by atoms with Crippen LogP contribution in [0.3, 0.4) is 0 Å². The molecule has 0 radical (unpaired) electrons. The van der Waals surface area contributed by atoms with Crippen LogP contribution in [-0.4, -0.2) is 59.6 Å². The fourth-order valence-electron chi connectivity index (χ4n) is 3.29. The lowest BCUT2D eigenvalue weighted by atomic mass is 9.95. The van der Waals surface area contributed by atoms with Crippen LogP contribution >= 0.6 is 0 Å². The number of carboxylic acid groups (broad SMARTS) is 1. The Labute approximate surface area is 104 Å². The molecular formula is C13H24N2O2. The zero-order valence-corrected chi connectivity index (χ0v) is 10.8. The molecule has 2 heterocycles. The second-order valence-electron chi connectivity index (χ2n) is 5.52. The summed E-state index contributed by atoms with van der Waals surface area (Å²) >= 11 is 0. The van der Waals surface area contributed by atoms with E-state index < -0.39 is 5.97 Å². The average molecular weight is 240 g/mol. The number of rotatable bonds is 4. The van der Waals surface area contributed by atoms with Crippen molar-refractivity contribution in [2.75, 3.05) is 26.7 Å². The SMILES string of the molecule is CN1CCC(N2CCCCC2CCC(=O)O)C1. The van der Waals surface area contributed by atoms with Crippen LogP contribution in [0.1, 0.15) is 38.5 Å². The van der Waals surface area contributed by atoms with E-state index in [-0.39, 0.29) is 0 Å². The van der Waals surface area contributed by atoms with Crippen molar-refractivity contribution in [1.82, 2.24) is 9.80 Å². The number of likely N-dealkylation sites (N-methyl/N-ethyl adjacent to an activating group) is 1. The van der Waals surface area contributed by atoms with Crippen molar-refractivity contribution in [3.05, 3.63) is 0 Å². The molecule has 2 aliphatic rings. The van der Waals surface area contributed by atoms with Gasteiger partial charge in [-0.25, -0.2) is 0 Å². The number of carbonyl (C=O) groups is 1. The molecule has 2 fully saturated rings. The maximum atomic E-state index is 10.7. The van der Waals surface area contributed by atoms with Crippen LogP contribution < -0.4 is 0 Å². The molecule has 0 amide bonds. The van der Waals surface area contributed by atoms with Crippen molar-refractivity contribution in [1.29, 1.82) is 0 Å². The first-order valence-corrected chi connectivity index (χ1v) is 6.83. The predicted octanol–water partition coefficient (Wildman–Crippen LogP) is 1.41. The Morgan fingerprint density at radius 3 is 2.76 bits per heavy atom. The lowest BCUT2D eigenvalue weighted by Gasteiger charge is -2.39. The molecule has 17 heavy (non-hydrogen) atoms. The van der Waals surface area contributed by atoms with Gasteiger partial charge in [-0.05, 0) is 45.8 Å². The van der Waals surface area contributed by atoms with Crippen LogP contribution in [0, 0.1) is 0 Å². The van der Waals surface area contributed by atoms with Gasteiger partial charge in [0.15, 0.2) is 0 Å². The lowest BCUT2D eigenvalue weighted by molar-refractivity contribution is -0.137. The highest BCUT2D eigenvalue weighted by Crippen LogP contribution is 2.26. The van der Waals surface area contributed by atoms with Gasteiger partial charge in [-0.1, -0.05) is 6.42 Å². The summed E-state index contributed by atoms with van der Waals surface area (Å²) in [5.74, 6) is -0.654. The van der Waals surface area contributed by atoms with Gasteiger partial charge < -0.3 is 10.0 Å². The second-order valence-corrected chi connectivity index (χ2v) is 5.52. The van der Waals surface area contributed by atoms with Gasteiger partial charge in [0.2, 0.25) is 0 Å². The molecule has 4 nitrogen and oxygen atoms in total. The van der Waals surface area contributed by atoms with E-state index in [0.29, 0.717) is 18.5 Å². The molecule has 98 valence electrons. The van der Waals surface area contributed by atoms with E-state index in [1.807, 2.05) is 0 Å². The van der Waals surface area contributed by atoms with E-state index in [1.54, 1.807) is 0 Å². The molecule has 0 aromatic carbocycles. The number of nitrogens with zero attached hydrogens (tertiary/aromatic N) is 2. The summed E-state index contributed by atoms with van der Waals surface area (Å²) in [4.78, 5) is 15.7. The molecule has 2 rings (SSSR count). The molecule has 2 unspecified atom stereocenters. The highest BCUT2D eigenvalue weighted by Gasteiger charge is 2.32. The summed E-state index contributed by atoms with van der Waals surface area (Å²) in [5.41, 5.74) is 0. The minimum absolute atomic E-state index is 0.323. The first kappa shape index (κ1) is 12.8. The summed E-state index contributed by atoms with van der Waals surface area (Å²) in [6, 6.07) is 1.18. The Morgan fingerprint density at radius 2 is 2.12 bits per heavy atom. The average Bonchev–Trinajstić information content (AvgIpc) is 2.73. The number of carboxylic acids is 1. The number of likely N-dealkylation sites (tertiary alicyclic amines) is 2. The highest BCUT2D eigenvalue weighted by atomic mass is 16.4. The maximum Gasteiger partial charge on any atom is 0.303 e. The summed E-state index contributed by atoms with van der Waals surface area (Å²) in [7, 11) is 2.18. The van der Waals surface area contributed by atoms with Crippen LogP contribution in [0.2, 0.25) is 0 Å². The van der Waals surface area contributed by atoms with Gasteiger partial charge in [-0.3, -0.25) is 9.69 Å². The molecule has 0 aliphatic carbocycles. The number of hydrogen-bond donors (Lipinski definition) is 1. The predicted molar refractivity (Wildman–Crippen MR) is 67.1 cm³/mol. The Balaban J connectivity index is 1.89. The van der Waals surface area contributed by atoms with Crippen LogP contribution in [0.15, 0.2) is 0 Å². The topological polar surface area (TPSA) is 43.8 Å². The normalized spacial score (nSPS) is 31.8. The van der Waals surface area contributed by atoms with Gasteiger partial charge in [0.25, 0.3) is 0 Å². The molecule has 2 atom stereocenters. The highest BCUT2D eigenvalue weighted by molar-refractivity contribution is 5.66. The van der Waals surface area contributed by atoms with E-state index in [9.17, 15) is 4.79 Å². The minimum Gasteiger partial charge on any atom is -0.481 e.